The number of hydrogen-bond donors (Lipinski definition) is 0. The van der Waals surface area contributed by atoms with Crippen molar-refractivity contribution in [2.45, 2.75) is 0 Å². The maximum Gasteiger partial charge on any atom is 0.142 e. The molecule has 0 bridgehead atoms. The van der Waals surface area contributed by atoms with Crippen LogP contribution in [0, 0.1) is 0 Å². The van der Waals surface area contributed by atoms with E-state index < -0.39 is 0 Å². The van der Waals surface area contributed by atoms with Crippen LogP contribution in [0.2, 0.25) is 0 Å². The molecule has 1 heterocycles. The van der Waals surface area contributed by atoms with Crippen LogP contribution < -0.4 is 14.4 Å². The Kier molecular flexibility index (Phi) is 5.81. The molecule has 2 aromatic carbocycles. The van der Waals surface area contributed by atoms with Crippen molar-refractivity contribution in [2.24, 2.45) is 5.10 Å². The molecule has 1 fully saturated rings. The lowest BCUT2D eigenvalue weighted by Crippen LogP contribution is -2.44. The summed E-state index contributed by atoms with van der Waals surface area (Å²) < 4.78 is 11.9. The molecule has 0 aromatic heterocycles. The van der Waals surface area contributed by atoms with Gasteiger partial charge >= 0.3 is 0 Å². The zero-order valence-electron chi connectivity index (χ0n) is 14.5. The lowest BCUT2D eigenvalue weighted by atomic mass is 10.2. The number of rotatable bonds is 5. The molecule has 0 aliphatic carbocycles. The minimum atomic E-state index is 0.819. The molecule has 5 nitrogen and oxygen atoms in total. The highest BCUT2D eigenvalue weighted by Crippen LogP contribution is 2.28. The number of para-hydroxylation sites is 2. The monoisotopic (exact) mass is 403 g/mol. The maximum atomic E-state index is 5.46. The zero-order chi connectivity index (χ0) is 17.6. The molecule has 0 atom stereocenters. The van der Waals surface area contributed by atoms with Gasteiger partial charge in [-0.1, -0.05) is 28.1 Å². The standard InChI is InChI=1S/C19H22BrN3O2/c1-24-18-8-7-16(20)13-15(18)14-21-23-11-9-22(10-12-23)17-5-3-4-6-19(17)25-2/h3-8,13-14H,9-12H2,1-2H3. The van der Waals surface area contributed by atoms with Gasteiger partial charge < -0.3 is 14.4 Å². The second-order valence-electron chi connectivity index (χ2n) is 5.74. The Balaban J connectivity index is 1.64. The van der Waals surface area contributed by atoms with E-state index in [0.29, 0.717) is 0 Å². The summed E-state index contributed by atoms with van der Waals surface area (Å²) in [7, 11) is 3.39. The highest BCUT2D eigenvalue weighted by atomic mass is 79.9. The molecular weight excluding hydrogens is 382 g/mol. The van der Waals surface area contributed by atoms with Crippen molar-refractivity contribution in [1.82, 2.24) is 5.01 Å². The van der Waals surface area contributed by atoms with Gasteiger partial charge in [0, 0.05) is 23.1 Å². The van der Waals surface area contributed by atoms with Gasteiger partial charge in [-0.3, -0.25) is 5.01 Å². The number of methoxy groups -OCH3 is 2. The van der Waals surface area contributed by atoms with Crippen molar-refractivity contribution in [3.05, 3.63) is 52.5 Å². The van der Waals surface area contributed by atoms with Crippen LogP contribution in [0.3, 0.4) is 0 Å². The topological polar surface area (TPSA) is 37.3 Å². The Labute approximate surface area is 157 Å². The van der Waals surface area contributed by atoms with Crippen LogP contribution in [0.15, 0.2) is 52.0 Å². The van der Waals surface area contributed by atoms with Crippen molar-refractivity contribution < 1.29 is 9.47 Å². The van der Waals surface area contributed by atoms with Crippen LogP contribution in [0.5, 0.6) is 11.5 Å². The van der Waals surface area contributed by atoms with E-state index >= 15 is 0 Å². The largest absolute Gasteiger partial charge is 0.496 e. The normalized spacial score (nSPS) is 14.8. The molecule has 6 heteroatoms. The van der Waals surface area contributed by atoms with Gasteiger partial charge in [-0.15, -0.1) is 0 Å². The fourth-order valence-corrected chi connectivity index (χ4v) is 3.27. The summed E-state index contributed by atoms with van der Waals surface area (Å²) in [4.78, 5) is 2.34. The Bertz CT molecular complexity index is 743. The van der Waals surface area contributed by atoms with E-state index in [2.05, 4.69) is 37.0 Å². The molecule has 0 radical (unpaired) electrons. The third kappa shape index (κ3) is 4.25. The van der Waals surface area contributed by atoms with E-state index in [-0.39, 0.29) is 0 Å². The second-order valence-corrected chi connectivity index (χ2v) is 6.66. The van der Waals surface area contributed by atoms with E-state index in [9.17, 15) is 0 Å². The molecule has 0 spiro atoms. The van der Waals surface area contributed by atoms with Crippen LogP contribution in [-0.4, -0.2) is 51.6 Å². The fourth-order valence-electron chi connectivity index (χ4n) is 2.89. The van der Waals surface area contributed by atoms with Gasteiger partial charge in [-0.05, 0) is 30.3 Å². The maximum absolute atomic E-state index is 5.46. The van der Waals surface area contributed by atoms with E-state index in [4.69, 9.17) is 9.47 Å². The Morgan fingerprint density at radius 1 is 0.960 bits per heavy atom. The van der Waals surface area contributed by atoms with Gasteiger partial charge in [0.15, 0.2) is 0 Å². The van der Waals surface area contributed by atoms with E-state index in [1.165, 1.54) is 0 Å². The minimum absolute atomic E-state index is 0.819. The first-order chi connectivity index (χ1) is 12.2. The number of hydrazone groups is 1. The van der Waals surface area contributed by atoms with Gasteiger partial charge in [0.05, 0.1) is 39.2 Å². The van der Waals surface area contributed by atoms with E-state index in [1.807, 2.05) is 42.6 Å². The van der Waals surface area contributed by atoms with Crippen LogP contribution >= 0.6 is 15.9 Å². The number of ether oxygens (including phenoxy) is 2. The third-order valence-corrected chi connectivity index (χ3v) is 4.73. The molecule has 25 heavy (non-hydrogen) atoms. The first-order valence-corrected chi connectivity index (χ1v) is 9.01. The van der Waals surface area contributed by atoms with E-state index in [0.717, 1.165) is 53.4 Å². The fraction of sp³-hybridized carbons (Fsp3) is 0.316. The quantitative estimate of drug-likeness (QED) is 0.714. The number of anilines is 1. The molecular formula is C19H22BrN3O2. The summed E-state index contributed by atoms with van der Waals surface area (Å²) in [5.41, 5.74) is 2.10. The summed E-state index contributed by atoms with van der Waals surface area (Å²) in [5, 5.41) is 6.71. The molecule has 2 aromatic rings. The van der Waals surface area contributed by atoms with Crippen LogP contribution in [0.4, 0.5) is 5.69 Å². The number of piperazine rings is 1. The van der Waals surface area contributed by atoms with Crippen molar-refractivity contribution in [3.63, 3.8) is 0 Å². The molecule has 0 saturated carbocycles. The van der Waals surface area contributed by atoms with Gasteiger partial charge in [0.25, 0.3) is 0 Å². The first kappa shape index (κ1) is 17.6. The molecule has 3 rings (SSSR count). The highest BCUT2D eigenvalue weighted by Gasteiger charge is 2.18. The summed E-state index contributed by atoms with van der Waals surface area (Å²) >= 11 is 3.49. The number of benzene rings is 2. The summed E-state index contributed by atoms with van der Waals surface area (Å²) in [6.07, 6.45) is 1.86. The third-order valence-electron chi connectivity index (χ3n) is 4.23. The Morgan fingerprint density at radius 3 is 2.40 bits per heavy atom. The lowest BCUT2D eigenvalue weighted by Gasteiger charge is -2.35. The van der Waals surface area contributed by atoms with Gasteiger partial charge in [0.2, 0.25) is 0 Å². The highest BCUT2D eigenvalue weighted by molar-refractivity contribution is 9.10. The molecule has 0 N–H and O–H groups in total. The van der Waals surface area contributed by atoms with Crippen molar-refractivity contribution in [2.75, 3.05) is 45.3 Å². The van der Waals surface area contributed by atoms with Gasteiger partial charge in [-0.25, -0.2) is 0 Å². The predicted octanol–water partition coefficient (Wildman–Crippen LogP) is 3.62. The predicted molar refractivity (Wildman–Crippen MR) is 105 cm³/mol. The van der Waals surface area contributed by atoms with Crippen LogP contribution in [-0.2, 0) is 0 Å². The molecule has 1 saturated heterocycles. The van der Waals surface area contributed by atoms with Crippen molar-refractivity contribution >= 4 is 27.8 Å². The number of nitrogens with zero attached hydrogens (tertiary/aromatic N) is 3. The smallest absolute Gasteiger partial charge is 0.142 e. The molecule has 0 amide bonds. The van der Waals surface area contributed by atoms with Crippen LogP contribution in [0.25, 0.3) is 0 Å². The van der Waals surface area contributed by atoms with Gasteiger partial charge in [0.1, 0.15) is 11.5 Å². The number of halogens is 1. The van der Waals surface area contributed by atoms with E-state index in [1.54, 1.807) is 14.2 Å². The second kappa shape index (κ2) is 8.25. The summed E-state index contributed by atoms with van der Waals surface area (Å²) in [6.45, 7) is 3.55. The SMILES string of the molecule is COc1ccc(Br)cc1C=NN1CCN(c2ccccc2OC)CC1. The average molecular weight is 404 g/mol. The molecule has 0 unspecified atom stereocenters. The zero-order valence-corrected chi connectivity index (χ0v) is 16.1. The van der Waals surface area contributed by atoms with Crippen LogP contribution in [0.1, 0.15) is 5.56 Å². The van der Waals surface area contributed by atoms with Crippen molar-refractivity contribution in [3.8, 4) is 11.5 Å². The molecule has 1 aliphatic heterocycles. The molecule has 1 aliphatic rings. The van der Waals surface area contributed by atoms with Gasteiger partial charge in [-0.2, -0.15) is 5.10 Å². The average Bonchev–Trinajstić information content (AvgIpc) is 2.67. The summed E-state index contributed by atoms with van der Waals surface area (Å²) in [5.74, 6) is 1.73. The Morgan fingerprint density at radius 2 is 1.68 bits per heavy atom. The molecule has 132 valence electrons. The Hall–Kier alpha value is -2.21. The first-order valence-electron chi connectivity index (χ1n) is 8.21. The summed E-state index contributed by atoms with van der Waals surface area (Å²) in [6, 6.07) is 14.0. The van der Waals surface area contributed by atoms with Crippen molar-refractivity contribution in [1.29, 1.82) is 0 Å². The minimum Gasteiger partial charge on any atom is -0.496 e. The number of hydrogen-bond acceptors (Lipinski definition) is 5. The lowest BCUT2D eigenvalue weighted by molar-refractivity contribution is 0.271.